The maximum Gasteiger partial charge on any atom is 0.261 e. The molecule has 3 aromatic carbocycles. The number of hydrogen-bond acceptors (Lipinski definition) is 2. The van der Waals surface area contributed by atoms with Crippen LogP contribution in [0, 0.1) is 13.8 Å². The second-order valence-corrected chi connectivity index (χ2v) is 6.91. The van der Waals surface area contributed by atoms with Crippen molar-refractivity contribution in [1.82, 2.24) is 5.32 Å². The standard InChI is InChI=1S/C22H22ClNO2/c1-14-10-20(11-15(2)21(14)23)26-16(3)22(25)24-13-17-8-9-18-6-4-5-7-19(18)12-17/h4-12,16H,13H2,1-3H3,(H,24,25)/t16-/m1/s1. The Kier molecular flexibility index (Phi) is 5.48. The Bertz CT molecular complexity index is 929. The van der Waals surface area contributed by atoms with E-state index in [-0.39, 0.29) is 5.91 Å². The zero-order chi connectivity index (χ0) is 18.7. The van der Waals surface area contributed by atoms with Gasteiger partial charge in [-0.15, -0.1) is 0 Å². The number of aryl methyl sites for hydroxylation is 2. The van der Waals surface area contributed by atoms with Gasteiger partial charge < -0.3 is 10.1 Å². The van der Waals surface area contributed by atoms with Crippen molar-refractivity contribution < 1.29 is 9.53 Å². The van der Waals surface area contributed by atoms with E-state index in [4.69, 9.17) is 16.3 Å². The van der Waals surface area contributed by atoms with Gasteiger partial charge in [-0.05, 0) is 66.4 Å². The van der Waals surface area contributed by atoms with Crippen LogP contribution in [0.15, 0.2) is 54.6 Å². The van der Waals surface area contributed by atoms with Crippen molar-refractivity contribution >= 4 is 28.3 Å². The zero-order valence-electron chi connectivity index (χ0n) is 15.2. The van der Waals surface area contributed by atoms with Crippen molar-refractivity contribution in [2.75, 3.05) is 0 Å². The molecule has 4 heteroatoms. The van der Waals surface area contributed by atoms with Gasteiger partial charge in [-0.25, -0.2) is 0 Å². The van der Waals surface area contributed by atoms with E-state index in [2.05, 4.69) is 29.6 Å². The van der Waals surface area contributed by atoms with Crippen LogP contribution in [-0.4, -0.2) is 12.0 Å². The number of carbonyl (C=O) groups excluding carboxylic acids is 1. The Balaban J connectivity index is 1.61. The van der Waals surface area contributed by atoms with E-state index in [1.807, 2.05) is 44.2 Å². The Morgan fingerprint density at radius 1 is 1.04 bits per heavy atom. The molecule has 134 valence electrons. The number of nitrogens with one attached hydrogen (secondary N) is 1. The molecule has 0 bridgehead atoms. The summed E-state index contributed by atoms with van der Waals surface area (Å²) < 4.78 is 5.78. The fraction of sp³-hybridized carbons (Fsp3) is 0.227. The van der Waals surface area contributed by atoms with Crippen LogP contribution in [0.1, 0.15) is 23.6 Å². The number of hydrogen-bond donors (Lipinski definition) is 1. The fourth-order valence-electron chi connectivity index (χ4n) is 2.91. The number of benzene rings is 3. The third-order valence-corrected chi connectivity index (χ3v) is 4.97. The average Bonchev–Trinajstić information content (AvgIpc) is 2.63. The summed E-state index contributed by atoms with van der Waals surface area (Å²) in [6, 6.07) is 18.1. The molecular weight excluding hydrogens is 346 g/mol. The Morgan fingerprint density at radius 2 is 1.69 bits per heavy atom. The molecule has 1 amide bonds. The predicted molar refractivity (Wildman–Crippen MR) is 107 cm³/mol. The highest BCUT2D eigenvalue weighted by Crippen LogP contribution is 2.26. The number of ether oxygens (including phenoxy) is 1. The number of amides is 1. The van der Waals surface area contributed by atoms with E-state index >= 15 is 0 Å². The van der Waals surface area contributed by atoms with Crippen LogP contribution in [0.5, 0.6) is 5.75 Å². The number of rotatable bonds is 5. The van der Waals surface area contributed by atoms with Gasteiger partial charge in [0.1, 0.15) is 5.75 Å². The summed E-state index contributed by atoms with van der Waals surface area (Å²) in [5.41, 5.74) is 2.93. The minimum Gasteiger partial charge on any atom is -0.481 e. The third-order valence-electron chi connectivity index (χ3n) is 4.37. The van der Waals surface area contributed by atoms with Gasteiger partial charge in [0, 0.05) is 11.6 Å². The highest BCUT2D eigenvalue weighted by Gasteiger charge is 2.15. The minimum absolute atomic E-state index is 0.150. The Labute approximate surface area is 158 Å². The smallest absolute Gasteiger partial charge is 0.261 e. The first-order valence-corrected chi connectivity index (χ1v) is 9.00. The molecule has 0 saturated carbocycles. The molecule has 3 nitrogen and oxygen atoms in total. The highest BCUT2D eigenvalue weighted by molar-refractivity contribution is 6.32. The Hall–Kier alpha value is -2.52. The van der Waals surface area contributed by atoms with Crippen LogP contribution < -0.4 is 10.1 Å². The van der Waals surface area contributed by atoms with Gasteiger partial charge >= 0.3 is 0 Å². The summed E-state index contributed by atoms with van der Waals surface area (Å²) in [4.78, 5) is 12.4. The van der Waals surface area contributed by atoms with Crippen LogP contribution in [0.25, 0.3) is 10.8 Å². The summed E-state index contributed by atoms with van der Waals surface area (Å²) in [7, 11) is 0. The van der Waals surface area contributed by atoms with Gasteiger partial charge in [0.25, 0.3) is 5.91 Å². The summed E-state index contributed by atoms with van der Waals surface area (Å²) in [6.07, 6.45) is -0.588. The van der Waals surface area contributed by atoms with Crippen molar-refractivity contribution in [1.29, 1.82) is 0 Å². The second kappa shape index (κ2) is 7.79. The molecule has 0 aliphatic heterocycles. The zero-order valence-corrected chi connectivity index (χ0v) is 15.9. The van der Waals surface area contributed by atoms with Crippen molar-refractivity contribution in [3.05, 3.63) is 76.3 Å². The fourth-order valence-corrected chi connectivity index (χ4v) is 3.02. The summed E-state index contributed by atoms with van der Waals surface area (Å²) in [5.74, 6) is 0.501. The largest absolute Gasteiger partial charge is 0.481 e. The molecule has 0 saturated heterocycles. The monoisotopic (exact) mass is 367 g/mol. The van der Waals surface area contributed by atoms with E-state index in [0.717, 1.165) is 27.1 Å². The third kappa shape index (κ3) is 4.17. The lowest BCUT2D eigenvalue weighted by molar-refractivity contribution is -0.127. The van der Waals surface area contributed by atoms with Crippen molar-refractivity contribution in [3.8, 4) is 5.75 Å². The lowest BCUT2D eigenvalue weighted by Gasteiger charge is -2.16. The van der Waals surface area contributed by atoms with Crippen LogP contribution in [-0.2, 0) is 11.3 Å². The van der Waals surface area contributed by atoms with Gasteiger partial charge in [0.15, 0.2) is 6.10 Å². The van der Waals surface area contributed by atoms with Crippen LogP contribution in [0.3, 0.4) is 0 Å². The number of fused-ring (bicyclic) bond motifs is 1. The molecule has 0 spiro atoms. The molecule has 3 rings (SSSR count). The van der Waals surface area contributed by atoms with Gasteiger partial charge in [-0.3, -0.25) is 4.79 Å². The molecule has 3 aromatic rings. The van der Waals surface area contributed by atoms with Crippen molar-refractivity contribution in [2.45, 2.75) is 33.4 Å². The number of halogens is 1. The molecule has 1 N–H and O–H groups in total. The van der Waals surface area contributed by atoms with Crippen molar-refractivity contribution in [3.63, 3.8) is 0 Å². The molecule has 0 unspecified atom stereocenters. The van der Waals surface area contributed by atoms with E-state index in [1.165, 1.54) is 5.39 Å². The van der Waals surface area contributed by atoms with Gasteiger partial charge in [0.2, 0.25) is 0 Å². The molecule has 0 aliphatic rings. The van der Waals surface area contributed by atoms with Gasteiger partial charge in [-0.2, -0.15) is 0 Å². The van der Waals surface area contributed by atoms with E-state index in [0.29, 0.717) is 12.3 Å². The Morgan fingerprint density at radius 3 is 2.38 bits per heavy atom. The van der Waals surface area contributed by atoms with E-state index < -0.39 is 6.10 Å². The molecule has 0 aliphatic carbocycles. The first-order chi connectivity index (χ1) is 12.4. The average molecular weight is 368 g/mol. The summed E-state index contributed by atoms with van der Waals surface area (Å²) in [5, 5.41) is 6.01. The quantitative estimate of drug-likeness (QED) is 0.673. The molecule has 26 heavy (non-hydrogen) atoms. The highest BCUT2D eigenvalue weighted by atomic mass is 35.5. The second-order valence-electron chi connectivity index (χ2n) is 6.53. The SMILES string of the molecule is Cc1cc(O[C@H](C)C(=O)NCc2ccc3ccccc3c2)cc(C)c1Cl. The van der Waals surface area contributed by atoms with Crippen molar-refractivity contribution in [2.24, 2.45) is 0 Å². The minimum atomic E-state index is -0.588. The van der Waals surface area contributed by atoms with Crippen LogP contribution in [0.2, 0.25) is 5.02 Å². The van der Waals surface area contributed by atoms with Gasteiger partial charge in [0.05, 0.1) is 0 Å². The topological polar surface area (TPSA) is 38.3 Å². The molecule has 0 aromatic heterocycles. The lowest BCUT2D eigenvalue weighted by Crippen LogP contribution is -2.35. The van der Waals surface area contributed by atoms with Crippen LogP contribution >= 0.6 is 11.6 Å². The van der Waals surface area contributed by atoms with E-state index in [1.54, 1.807) is 6.92 Å². The molecule has 0 radical (unpaired) electrons. The molecule has 1 atom stereocenters. The normalized spacial score (nSPS) is 12.0. The van der Waals surface area contributed by atoms with Gasteiger partial charge in [-0.1, -0.05) is 48.0 Å². The van der Waals surface area contributed by atoms with Crippen LogP contribution in [0.4, 0.5) is 0 Å². The molecule has 0 heterocycles. The maximum atomic E-state index is 12.4. The first kappa shape index (κ1) is 18.3. The lowest BCUT2D eigenvalue weighted by atomic mass is 10.1. The first-order valence-electron chi connectivity index (χ1n) is 8.63. The number of carbonyl (C=O) groups is 1. The predicted octanol–water partition coefficient (Wildman–Crippen LogP) is 5.19. The summed E-state index contributed by atoms with van der Waals surface area (Å²) in [6.45, 7) is 6.06. The van der Waals surface area contributed by atoms with E-state index in [9.17, 15) is 4.79 Å². The maximum absolute atomic E-state index is 12.4. The molecule has 0 fully saturated rings. The summed E-state index contributed by atoms with van der Waals surface area (Å²) >= 11 is 6.17. The molecular formula is C22H22ClNO2.